The summed E-state index contributed by atoms with van der Waals surface area (Å²) >= 11 is 0. The number of carbonyl (C=O) groups excluding carboxylic acids is 1. The Morgan fingerprint density at radius 3 is 2.29 bits per heavy atom. The third-order valence-corrected chi connectivity index (χ3v) is 3.33. The first kappa shape index (κ1) is 11.5. The molecule has 2 nitrogen and oxygen atoms in total. The molecule has 0 aliphatic carbocycles. The highest BCUT2D eigenvalue weighted by Crippen LogP contribution is 2.35. The van der Waals surface area contributed by atoms with Gasteiger partial charge in [-0.25, -0.2) is 0 Å². The minimum atomic E-state index is 0.228. The maximum absolute atomic E-state index is 11.3. The highest BCUT2D eigenvalue weighted by Gasteiger charge is 2.33. The van der Waals surface area contributed by atoms with Crippen molar-refractivity contribution >= 4 is 5.91 Å². The molecule has 0 spiro atoms. The zero-order valence-corrected chi connectivity index (χ0v) is 10.1. The van der Waals surface area contributed by atoms with E-state index in [1.165, 1.54) is 6.42 Å². The first-order valence-electron chi connectivity index (χ1n) is 5.56. The minimum absolute atomic E-state index is 0.228. The van der Waals surface area contributed by atoms with Gasteiger partial charge in [-0.15, -0.1) is 0 Å². The summed E-state index contributed by atoms with van der Waals surface area (Å²) in [5.41, 5.74) is 0.322. The lowest BCUT2D eigenvalue weighted by Gasteiger charge is -2.42. The van der Waals surface area contributed by atoms with Crippen molar-refractivity contribution in [3.05, 3.63) is 0 Å². The second-order valence-corrected chi connectivity index (χ2v) is 5.83. The predicted octanol–water partition coefficient (Wildman–Crippen LogP) is 2.54. The van der Waals surface area contributed by atoms with Crippen LogP contribution in [-0.2, 0) is 4.79 Å². The molecule has 14 heavy (non-hydrogen) atoms. The van der Waals surface area contributed by atoms with Crippen LogP contribution in [0.1, 0.15) is 41.0 Å². The Bertz CT molecular complexity index is 217. The van der Waals surface area contributed by atoms with Crippen LogP contribution in [0.25, 0.3) is 0 Å². The molecule has 0 aromatic rings. The summed E-state index contributed by atoms with van der Waals surface area (Å²) in [4.78, 5) is 13.3. The van der Waals surface area contributed by atoms with Gasteiger partial charge in [-0.05, 0) is 23.7 Å². The van der Waals surface area contributed by atoms with Gasteiger partial charge in [0.1, 0.15) is 0 Å². The van der Waals surface area contributed by atoms with E-state index in [1.54, 1.807) is 6.92 Å². The lowest BCUT2D eigenvalue weighted by molar-refractivity contribution is -0.132. The van der Waals surface area contributed by atoms with Crippen molar-refractivity contribution in [2.24, 2.45) is 17.3 Å². The van der Waals surface area contributed by atoms with Gasteiger partial charge in [0.25, 0.3) is 0 Å². The van der Waals surface area contributed by atoms with Gasteiger partial charge >= 0.3 is 0 Å². The number of carbonyl (C=O) groups is 1. The maximum atomic E-state index is 11.3. The second kappa shape index (κ2) is 3.92. The Kier molecular flexibility index (Phi) is 3.23. The van der Waals surface area contributed by atoms with Gasteiger partial charge in [-0.3, -0.25) is 4.79 Å². The van der Waals surface area contributed by atoms with Gasteiger partial charge in [0.05, 0.1) is 0 Å². The van der Waals surface area contributed by atoms with Crippen molar-refractivity contribution in [1.29, 1.82) is 0 Å². The summed E-state index contributed by atoms with van der Waals surface area (Å²) in [6, 6.07) is 0. The summed E-state index contributed by atoms with van der Waals surface area (Å²) in [5, 5.41) is 0. The van der Waals surface area contributed by atoms with Crippen molar-refractivity contribution in [1.82, 2.24) is 4.90 Å². The fraction of sp³-hybridized carbons (Fsp3) is 0.917. The van der Waals surface area contributed by atoms with Crippen LogP contribution in [0.3, 0.4) is 0 Å². The SMILES string of the molecule is CC(=O)N1C[C@H](C)C[C@H](C(C)(C)C)C1. The number of piperidine rings is 1. The molecule has 2 heteroatoms. The van der Waals surface area contributed by atoms with Gasteiger partial charge in [0, 0.05) is 20.0 Å². The lowest BCUT2D eigenvalue weighted by atomic mass is 9.74. The molecule has 0 N–H and O–H groups in total. The molecule has 1 aliphatic heterocycles. The average molecular weight is 197 g/mol. The smallest absolute Gasteiger partial charge is 0.219 e. The summed E-state index contributed by atoms with van der Waals surface area (Å²) in [6.45, 7) is 12.6. The molecule has 1 saturated heterocycles. The first-order chi connectivity index (χ1) is 6.30. The molecule has 2 atom stereocenters. The Balaban J connectivity index is 2.68. The molecular weight excluding hydrogens is 174 g/mol. The number of likely N-dealkylation sites (tertiary alicyclic amines) is 1. The summed E-state index contributed by atoms with van der Waals surface area (Å²) < 4.78 is 0. The molecule has 1 fully saturated rings. The van der Waals surface area contributed by atoms with Crippen LogP contribution in [-0.4, -0.2) is 23.9 Å². The van der Waals surface area contributed by atoms with E-state index >= 15 is 0 Å². The Hall–Kier alpha value is -0.530. The first-order valence-corrected chi connectivity index (χ1v) is 5.56. The number of hydrogen-bond acceptors (Lipinski definition) is 1. The number of amides is 1. The van der Waals surface area contributed by atoms with E-state index in [4.69, 9.17) is 0 Å². The fourth-order valence-corrected chi connectivity index (χ4v) is 2.24. The van der Waals surface area contributed by atoms with E-state index < -0.39 is 0 Å². The predicted molar refractivity (Wildman–Crippen MR) is 59.0 cm³/mol. The minimum Gasteiger partial charge on any atom is -0.342 e. The highest BCUT2D eigenvalue weighted by molar-refractivity contribution is 5.73. The molecule has 0 aromatic heterocycles. The monoisotopic (exact) mass is 197 g/mol. The van der Waals surface area contributed by atoms with Gasteiger partial charge in [-0.1, -0.05) is 27.7 Å². The van der Waals surface area contributed by atoms with Gasteiger partial charge < -0.3 is 4.90 Å². The topological polar surface area (TPSA) is 20.3 Å². The van der Waals surface area contributed by atoms with Crippen LogP contribution < -0.4 is 0 Å². The highest BCUT2D eigenvalue weighted by atomic mass is 16.2. The summed E-state index contributed by atoms with van der Waals surface area (Å²) in [6.07, 6.45) is 1.26. The van der Waals surface area contributed by atoms with Gasteiger partial charge in [0.15, 0.2) is 0 Å². The summed E-state index contributed by atoms with van der Waals surface area (Å²) in [7, 11) is 0. The van der Waals surface area contributed by atoms with Crippen LogP contribution in [0.5, 0.6) is 0 Å². The maximum Gasteiger partial charge on any atom is 0.219 e. The van der Waals surface area contributed by atoms with Crippen LogP contribution in [0.15, 0.2) is 0 Å². The standard InChI is InChI=1S/C12H23NO/c1-9-6-11(12(3,4)5)8-13(7-9)10(2)14/h9,11H,6-8H2,1-5H3/t9-,11+/m1/s1. The number of nitrogens with zero attached hydrogens (tertiary/aromatic N) is 1. The third-order valence-electron chi connectivity index (χ3n) is 3.33. The Morgan fingerprint density at radius 2 is 1.86 bits per heavy atom. The quantitative estimate of drug-likeness (QED) is 0.584. The van der Waals surface area contributed by atoms with E-state index in [0.29, 0.717) is 17.3 Å². The number of rotatable bonds is 0. The van der Waals surface area contributed by atoms with Crippen LogP contribution in [0.4, 0.5) is 0 Å². The Morgan fingerprint density at radius 1 is 1.29 bits per heavy atom. The average Bonchev–Trinajstić information content (AvgIpc) is 2.01. The lowest BCUT2D eigenvalue weighted by Crippen LogP contribution is -2.45. The molecule has 0 aromatic carbocycles. The van der Waals surface area contributed by atoms with Crippen LogP contribution in [0.2, 0.25) is 0 Å². The molecule has 1 heterocycles. The molecular formula is C12H23NO. The van der Waals surface area contributed by atoms with E-state index in [-0.39, 0.29) is 5.91 Å². The fourth-order valence-electron chi connectivity index (χ4n) is 2.24. The van der Waals surface area contributed by atoms with E-state index in [9.17, 15) is 4.79 Å². The zero-order valence-electron chi connectivity index (χ0n) is 10.1. The molecule has 0 bridgehead atoms. The number of hydrogen-bond donors (Lipinski definition) is 0. The Labute approximate surface area is 87.7 Å². The van der Waals surface area contributed by atoms with Crippen LogP contribution >= 0.6 is 0 Å². The van der Waals surface area contributed by atoms with Crippen molar-refractivity contribution in [3.8, 4) is 0 Å². The molecule has 0 radical (unpaired) electrons. The van der Waals surface area contributed by atoms with Crippen molar-refractivity contribution in [2.45, 2.75) is 41.0 Å². The molecule has 1 rings (SSSR count). The van der Waals surface area contributed by atoms with Crippen molar-refractivity contribution < 1.29 is 4.79 Å². The van der Waals surface area contributed by atoms with Gasteiger partial charge in [0.2, 0.25) is 5.91 Å². The molecule has 0 unspecified atom stereocenters. The largest absolute Gasteiger partial charge is 0.342 e. The summed E-state index contributed by atoms with van der Waals surface area (Å²) in [5.74, 6) is 1.53. The van der Waals surface area contributed by atoms with Crippen LogP contribution in [0, 0.1) is 17.3 Å². The second-order valence-electron chi connectivity index (χ2n) is 5.83. The molecule has 82 valence electrons. The van der Waals surface area contributed by atoms with E-state index in [0.717, 1.165) is 13.1 Å². The van der Waals surface area contributed by atoms with Crippen molar-refractivity contribution in [3.63, 3.8) is 0 Å². The molecule has 1 aliphatic rings. The van der Waals surface area contributed by atoms with Crippen molar-refractivity contribution in [2.75, 3.05) is 13.1 Å². The normalized spacial score (nSPS) is 29.1. The molecule has 0 saturated carbocycles. The zero-order chi connectivity index (χ0) is 10.9. The molecule has 1 amide bonds. The van der Waals surface area contributed by atoms with Gasteiger partial charge in [-0.2, -0.15) is 0 Å². The van der Waals surface area contributed by atoms with E-state index in [2.05, 4.69) is 27.7 Å². The van der Waals surface area contributed by atoms with E-state index in [1.807, 2.05) is 4.90 Å². The third kappa shape index (κ3) is 2.73.